The molecule has 1 fully saturated rings. The highest BCUT2D eigenvalue weighted by atomic mass is 35.5. The van der Waals surface area contributed by atoms with Gasteiger partial charge in [-0.05, 0) is 54.1 Å². The first-order chi connectivity index (χ1) is 13.0. The van der Waals surface area contributed by atoms with E-state index in [9.17, 15) is 9.90 Å². The minimum absolute atomic E-state index is 0.00469. The Morgan fingerprint density at radius 1 is 1.30 bits per heavy atom. The standard InChI is InChI=1S/C20H19ClN2O3S/c1-3-10-22-20-23(15-6-4-5-7-17(15)26-2)19(25)18(27-20)12-13-8-9-16(24)14(21)11-13/h4-9,11-12,24H,3,10H2,1-2H3/b18-12-,22-20?. The van der Waals surface area contributed by atoms with Gasteiger partial charge in [0.2, 0.25) is 0 Å². The predicted molar refractivity (Wildman–Crippen MR) is 112 cm³/mol. The Morgan fingerprint density at radius 2 is 2.07 bits per heavy atom. The number of aliphatic imine (C=N–C) groups is 1. The normalized spacial score (nSPS) is 17.1. The molecule has 140 valence electrons. The van der Waals surface area contributed by atoms with Gasteiger partial charge in [0.1, 0.15) is 11.5 Å². The number of para-hydroxylation sites is 2. The lowest BCUT2D eigenvalue weighted by Gasteiger charge is -2.18. The molecule has 3 rings (SSSR count). The number of carbonyl (C=O) groups excluding carboxylic acids is 1. The van der Waals surface area contributed by atoms with Crippen LogP contribution in [0.3, 0.4) is 0 Å². The highest BCUT2D eigenvalue weighted by molar-refractivity contribution is 8.19. The minimum atomic E-state index is -0.177. The van der Waals surface area contributed by atoms with Crippen LogP contribution in [-0.2, 0) is 4.79 Å². The van der Waals surface area contributed by atoms with Crippen LogP contribution in [0.1, 0.15) is 18.9 Å². The molecule has 1 heterocycles. The number of amidine groups is 1. The fraction of sp³-hybridized carbons (Fsp3) is 0.200. The number of halogens is 1. The molecule has 0 aromatic heterocycles. The van der Waals surface area contributed by atoms with Gasteiger partial charge in [0.15, 0.2) is 5.17 Å². The van der Waals surface area contributed by atoms with Crippen LogP contribution in [0.5, 0.6) is 11.5 Å². The van der Waals surface area contributed by atoms with Gasteiger partial charge in [-0.2, -0.15) is 0 Å². The summed E-state index contributed by atoms with van der Waals surface area (Å²) in [5, 5.41) is 10.4. The highest BCUT2D eigenvalue weighted by Gasteiger charge is 2.36. The van der Waals surface area contributed by atoms with Gasteiger partial charge in [-0.15, -0.1) is 0 Å². The molecule has 2 aromatic carbocycles. The second-order valence-electron chi connectivity index (χ2n) is 5.80. The van der Waals surface area contributed by atoms with Gasteiger partial charge >= 0.3 is 0 Å². The van der Waals surface area contributed by atoms with Crippen molar-refractivity contribution in [1.29, 1.82) is 0 Å². The molecule has 1 aliphatic heterocycles. The van der Waals surface area contributed by atoms with Crippen molar-refractivity contribution in [1.82, 2.24) is 0 Å². The molecule has 1 amide bonds. The number of ether oxygens (including phenoxy) is 1. The zero-order chi connectivity index (χ0) is 19.4. The van der Waals surface area contributed by atoms with Crippen molar-refractivity contribution in [3.05, 3.63) is 58.0 Å². The van der Waals surface area contributed by atoms with E-state index in [1.807, 2.05) is 31.2 Å². The van der Waals surface area contributed by atoms with E-state index < -0.39 is 0 Å². The lowest BCUT2D eigenvalue weighted by molar-refractivity contribution is -0.113. The van der Waals surface area contributed by atoms with Gasteiger partial charge < -0.3 is 9.84 Å². The van der Waals surface area contributed by atoms with Crippen molar-refractivity contribution in [2.75, 3.05) is 18.6 Å². The van der Waals surface area contributed by atoms with E-state index >= 15 is 0 Å². The number of phenolic OH excluding ortho intramolecular Hbond substituents is 1. The lowest BCUT2D eigenvalue weighted by atomic mass is 10.2. The Labute approximate surface area is 167 Å². The first-order valence-electron chi connectivity index (χ1n) is 8.45. The van der Waals surface area contributed by atoms with E-state index in [1.54, 1.807) is 30.2 Å². The maximum absolute atomic E-state index is 13.1. The Morgan fingerprint density at radius 3 is 2.78 bits per heavy atom. The average Bonchev–Trinajstić information content (AvgIpc) is 2.98. The number of carbonyl (C=O) groups is 1. The first kappa shape index (κ1) is 19.3. The maximum atomic E-state index is 13.1. The van der Waals surface area contributed by atoms with Crippen LogP contribution in [0.2, 0.25) is 5.02 Å². The molecule has 1 N–H and O–H groups in total. The Balaban J connectivity index is 2.03. The molecule has 0 saturated carbocycles. The van der Waals surface area contributed by atoms with Crippen molar-refractivity contribution in [2.24, 2.45) is 4.99 Å². The van der Waals surface area contributed by atoms with E-state index in [1.165, 1.54) is 17.8 Å². The summed E-state index contributed by atoms with van der Waals surface area (Å²) in [7, 11) is 1.57. The van der Waals surface area contributed by atoms with E-state index in [2.05, 4.69) is 4.99 Å². The lowest BCUT2D eigenvalue weighted by Crippen LogP contribution is -2.29. The van der Waals surface area contributed by atoms with Crippen LogP contribution in [0, 0.1) is 0 Å². The van der Waals surface area contributed by atoms with Crippen LogP contribution >= 0.6 is 23.4 Å². The second kappa shape index (κ2) is 8.50. The van der Waals surface area contributed by atoms with E-state index in [-0.39, 0.29) is 16.7 Å². The molecule has 0 spiro atoms. The van der Waals surface area contributed by atoms with Gasteiger partial charge in [0, 0.05) is 6.54 Å². The summed E-state index contributed by atoms with van der Waals surface area (Å²) in [6, 6.07) is 12.2. The van der Waals surface area contributed by atoms with Gasteiger partial charge in [0.05, 0.1) is 22.7 Å². The fourth-order valence-corrected chi connectivity index (χ4v) is 3.77. The van der Waals surface area contributed by atoms with E-state index in [4.69, 9.17) is 16.3 Å². The molecule has 1 aliphatic rings. The van der Waals surface area contributed by atoms with Crippen LogP contribution in [0.4, 0.5) is 5.69 Å². The number of thioether (sulfide) groups is 1. The molecule has 2 aromatic rings. The molecule has 5 nitrogen and oxygen atoms in total. The summed E-state index contributed by atoms with van der Waals surface area (Å²) in [5.74, 6) is 0.429. The molecular formula is C20H19ClN2O3S. The smallest absolute Gasteiger partial charge is 0.271 e. The number of rotatable bonds is 5. The molecule has 0 atom stereocenters. The molecule has 0 bridgehead atoms. The monoisotopic (exact) mass is 402 g/mol. The number of hydrogen-bond donors (Lipinski definition) is 1. The molecule has 27 heavy (non-hydrogen) atoms. The van der Waals surface area contributed by atoms with E-state index in [0.29, 0.717) is 28.1 Å². The van der Waals surface area contributed by atoms with Crippen molar-refractivity contribution >= 4 is 46.2 Å². The number of methoxy groups -OCH3 is 1. The second-order valence-corrected chi connectivity index (χ2v) is 7.21. The van der Waals surface area contributed by atoms with Crippen LogP contribution in [0.15, 0.2) is 52.4 Å². The van der Waals surface area contributed by atoms with Crippen LogP contribution in [0.25, 0.3) is 6.08 Å². The molecule has 0 aliphatic carbocycles. The maximum Gasteiger partial charge on any atom is 0.271 e. The zero-order valence-corrected chi connectivity index (χ0v) is 16.5. The summed E-state index contributed by atoms with van der Waals surface area (Å²) in [5.41, 5.74) is 1.38. The van der Waals surface area contributed by atoms with Crippen molar-refractivity contribution in [2.45, 2.75) is 13.3 Å². The Kier molecular flexibility index (Phi) is 6.08. The summed E-state index contributed by atoms with van der Waals surface area (Å²) in [6.07, 6.45) is 2.62. The first-order valence-corrected chi connectivity index (χ1v) is 9.64. The quantitative estimate of drug-likeness (QED) is 0.719. The third-order valence-electron chi connectivity index (χ3n) is 3.87. The number of anilines is 1. The number of phenols is 1. The molecule has 7 heteroatoms. The predicted octanol–water partition coefficient (Wildman–Crippen LogP) is 4.94. The van der Waals surface area contributed by atoms with Gasteiger partial charge in [-0.25, -0.2) is 0 Å². The van der Waals surface area contributed by atoms with Crippen LogP contribution < -0.4 is 9.64 Å². The summed E-state index contributed by atoms with van der Waals surface area (Å²) in [6.45, 7) is 2.66. The average molecular weight is 403 g/mol. The Hall–Kier alpha value is -2.44. The summed E-state index contributed by atoms with van der Waals surface area (Å²) >= 11 is 7.29. The van der Waals surface area contributed by atoms with Gasteiger partial charge in [-0.3, -0.25) is 14.7 Å². The SMILES string of the molecule is CCCN=C1S/C(=C\c2ccc(O)c(Cl)c2)C(=O)N1c1ccccc1OC. The zero-order valence-electron chi connectivity index (χ0n) is 15.0. The van der Waals surface area contributed by atoms with E-state index in [0.717, 1.165) is 12.0 Å². The molecule has 0 unspecified atom stereocenters. The Bertz CT molecular complexity index is 927. The number of hydrogen-bond acceptors (Lipinski definition) is 5. The molecular weight excluding hydrogens is 384 g/mol. The third kappa shape index (κ3) is 4.12. The largest absolute Gasteiger partial charge is 0.506 e. The minimum Gasteiger partial charge on any atom is -0.506 e. The van der Waals surface area contributed by atoms with Crippen molar-refractivity contribution in [3.63, 3.8) is 0 Å². The number of aromatic hydroxyl groups is 1. The summed E-state index contributed by atoms with van der Waals surface area (Å²) in [4.78, 5) is 19.8. The van der Waals surface area contributed by atoms with Crippen molar-refractivity contribution < 1.29 is 14.6 Å². The topological polar surface area (TPSA) is 62.1 Å². The highest BCUT2D eigenvalue weighted by Crippen LogP contribution is 2.40. The fourth-order valence-electron chi connectivity index (χ4n) is 2.58. The number of benzene rings is 2. The number of nitrogens with zero attached hydrogens (tertiary/aromatic N) is 2. The van der Waals surface area contributed by atoms with Gasteiger partial charge in [0.25, 0.3) is 5.91 Å². The van der Waals surface area contributed by atoms with Crippen LogP contribution in [-0.4, -0.2) is 29.8 Å². The number of amides is 1. The third-order valence-corrected chi connectivity index (χ3v) is 5.18. The van der Waals surface area contributed by atoms with Gasteiger partial charge in [-0.1, -0.05) is 36.7 Å². The summed E-state index contributed by atoms with van der Waals surface area (Å²) < 4.78 is 5.42. The molecule has 1 saturated heterocycles. The molecule has 0 radical (unpaired) electrons. The van der Waals surface area contributed by atoms with Crippen molar-refractivity contribution in [3.8, 4) is 11.5 Å².